The molecule has 2 amide bonds. The lowest BCUT2D eigenvalue weighted by molar-refractivity contribution is -0.126. The summed E-state index contributed by atoms with van der Waals surface area (Å²) in [5, 5.41) is 0. The van der Waals surface area contributed by atoms with Gasteiger partial charge >= 0.3 is 0 Å². The van der Waals surface area contributed by atoms with Crippen molar-refractivity contribution in [3.63, 3.8) is 0 Å². The number of amides is 2. The number of methoxy groups -OCH3 is 1. The van der Waals surface area contributed by atoms with Gasteiger partial charge in [0, 0.05) is 12.8 Å². The maximum atomic E-state index is 11.1. The van der Waals surface area contributed by atoms with E-state index in [9.17, 15) is 9.59 Å². The van der Waals surface area contributed by atoms with Gasteiger partial charge in [0.1, 0.15) is 11.9 Å². The molecule has 4 N–H and O–H groups in total. The zero-order chi connectivity index (χ0) is 17.6. The first-order valence-electron chi connectivity index (χ1n) is 7.26. The van der Waals surface area contributed by atoms with Crippen molar-refractivity contribution >= 4 is 18.0 Å². The van der Waals surface area contributed by atoms with Crippen molar-refractivity contribution in [2.45, 2.75) is 32.5 Å². The predicted octanol–water partition coefficient (Wildman–Crippen LogP) is 1.02. The molecule has 0 aliphatic carbocycles. The van der Waals surface area contributed by atoms with Crippen LogP contribution >= 0.6 is 0 Å². The highest BCUT2D eigenvalue weighted by Crippen LogP contribution is 2.22. The minimum absolute atomic E-state index is 0.0375. The summed E-state index contributed by atoms with van der Waals surface area (Å²) in [4.78, 5) is 23.0. The van der Waals surface area contributed by atoms with Crippen LogP contribution in [0.2, 0.25) is 0 Å². The number of benzene rings is 1. The van der Waals surface area contributed by atoms with Crippen molar-refractivity contribution in [2.24, 2.45) is 5.73 Å². The molecule has 0 atom stereocenters. The van der Waals surface area contributed by atoms with E-state index in [4.69, 9.17) is 20.9 Å². The van der Waals surface area contributed by atoms with E-state index in [1.807, 2.05) is 20.8 Å². The second-order valence-electron chi connectivity index (χ2n) is 6.23. The van der Waals surface area contributed by atoms with Gasteiger partial charge in [-0.25, -0.2) is 0 Å². The highest BCUT2D eigenvalue weighted by atomic mass is 16.5. The van der Waals surface area contributed by atoms with E-state index in [2.05, 4.69) is 0 Å². The molecule has 1 aromatic carbocycles. The zero-order valence-corrected chi connectivity index (χ0v) is 14.0. The molecule has 1 heterocycles. The van der Waals surface area contributed by atoms with Crippen molar-refractivity contribution in [3.05, 3.63) is 23.8 Å². The smallest absolute Gasteiger partial charge is 0.250 e. The summed E-state index contributed by atoms with van der Waals surface area (Å²) in [5.41, 5.74) is 11.4. The van der Waals surface area contributed by atoms with Crippen LogP contribution in [-0.2, 0) is 9.53 Å². The number of carbonyl (C=O) groups excluding carboxylic acids is 2. The molecule has 1 aliphatic heterocycles. The van der Waals surface area contributed by atoms with E-state index in [0.717, 1.165) is 6.41 Å². The van der Waals surface area contributed by atoms with Crippen LogP contribution in [0.25, 0.3) is 0 Å². The number of primary amides is 1. The number of nitrogen functional groups attached to an aromatic ring is 1. The fourth-order valence-corrected chi connectivity index (χ4v) is 1.64. The minimum Gasteiger partial charge on any atom is -0.487 e. The molecule has 2 rings (SSSR count). The van der Waals surface area contributed by atoms with Crippen molar-refractivity contribution < 1.29 is 19.1 Å². The lowest BCUT2D eigenvalue weighted by Crippen LogP contribution is -2.52. The standard InChI is InChI=1S/C11H13N3O3.C5H12O/c12-10-2-1-7(3-9(10)11(13)16)17-8-4-14(5-8)6-15;1-5(2,3)6-4/h1-3,6,8H,4-5,12H2,(H2,13,16);1-4H3. The molecule has 7 nitrogen and oxygen atoms in total. The van der Waals surface area contributed by atoms with Gasteiger partial charge in [-0.3, -0.25) is 9.59 Å². The molecule has 0 aromatic heterocycles. The Balaban J connectivity index is 0.000000379. The highest BCUT2D eigenvalue weighted by molar-refractivity contribution is 5.98. The minimum atomic E-state index is -0.587. The molecule has 0 unspecified atom stereocenters. The Bertz CT molecular complexity index is 549. The number of nitrogens with zero attached hydrogens (tertiary/aromatic N) is 1. The molecular weight excluding hydrogens is 298 g/mol. The molecular formula is C16H25N3O4. The van der Waals surface area contributed by atoms with Gasteiger partial charge in [-0.1, -0.05) is 0 Å². The van der Waals surface area contributed by atoms with Crippen LogP contribution in [0.1, 0.15) is 31.1 Å². The topological polar surface area (TPSA) is 108 Å². The normalized spacial score (nSPS) is 14.3. The van der Waals surface area contributed by atoms with Crippen molar-refractivity contribution in [2.75, 3.05) is 25.9 Å². The Hall–Kier alpha value is -2.28. The van der Waals surface area contributed by atoms with E-state index in [1.54, 1.807) is 24.1 Å². The summed E-state index contributed by atoms with van der Waals surface area (Å²) < 4.78 is 10.5. The molecule has 23 heavy (non-hydrogen) atoms. The van der Waals surface area contributed by atoms with E-state index >= 15 is 0 Å². The molecule has 0 spiro atoms. The van der Waals surface area contributed by atoms with Gasteiger partial charge in [0.15, 0.2) is 0 Å². The summed E-state index contributed by atoms with van der Waals surface area (Å²) in [7, 11) is 1.71. The zero-order valence-electron chi connectivity index (χ0n) is 14.0. The first kappa shape index (κ1) is 18.8. The Labute approximate surface area is 136 Å². The van der Waals surface area contributed by atoms with Crippen molar-refractivity contribution in [3.8, 4) is 5.75 Å². The summed E-state index contributed by atoms with van der Waals surface area (Å²) in [5.74, 6) is -0.0559. The summed E-state index contributed by atoms with van der Waals surface area (Å²) in [6.07, 6.45) is 0.738. The molecule has 0 saturated carbocycles. The Morgan fingerprint density at radius 3 is 2.35 bits per heavy atom. The maximum absolute atomic E-state index is 11.1. The van der Waals surface area contributed by atoms with E-state index < -0.39 is 5.91 Å². The monoisotopic (exact) mass is 323 g/mol. The largest absolute Gasteiger partial charge is 0.487 e. The van der Waals surface area contributed by atoms with Crippen LogP contribution in [0, 0.1) is 0 Å². The third kappa shape index (κ3) is 6.15. The van der Waals surface area contributed by atoms with Gasteiger partial charge in [0.05, 0.1) is 24.3 Å². The van der Waals surface area contributed by atoms with Crippen molar-refractivity contribution in [1.82, 2.24) is 4.90 Å². The third-order valence-corrected chi connectivity index (χ3v) is 3.23. The van der Waals surface area contributed by atoms with E-state index in [1.165, 1.54) is 6.07 Å². The van der Waals surface area contributed by atoms with Gasteiger partial charge in [0.2, 0.25) is 6.41 Å². The Morgan fingerprint density at radius 2 is 1.91 bits per heavy atom. The number of anilines is 1. The van der Waals surface area contributed by atoms with Gasteiger partial charge in [-0.05, 0) is 39.0 Å². The Morgan fingerprint density at radius 1 is 1.35 bits per heavy atom. The summed E-state index contributed by atoms with van der Waals surface area (Å²) in [6, 6.07) is 4.76. The number of carbonyl (C=O) groups is 2. The number of nitrogens with two attached hydrogens (primary N) is 2. The maximum Gasteiger partial charge on any atom is 0.250 e. The fourth-order valence-electron chi connectivity index (χ4n) is 1.64. The third-order valence-electron chi connectivity index (χ3n) is 3.23. The van der Waals surface area contributed by atoms with Crippen LogP contribution in [0.15, 0.2) is 18.2 Å². The highest BCUT2D eigenvalue weighted by Gasteiger charge is 2.27. The van der Waals surface area contributed by atoms with Gasteiger partial charge < -0.3 is 25.8 Å². The predicted molar refractivity (Wildman–Crippen MR) is 88.2 cm³/mol. The number of hydrogen-bond donors (Lipinski definition) is 2. The molecule has 0 bridgehead atoms. The molecule has 1 aromatic rings. The first-order valence-corrected chi connectivity index (χ1v) is 7.26. The summed E-state index contributed by atoms with van der Waals surface area (Å²) >= 11 is 0. The van der Waals surface area contributed by atoms with Gasteiger partial charge in [-0.15, -0.1) is 0 Å². The van der Waals surface area contributed by atoms with E-state index in [-0.39, 0.29) is 17.3 Å². The molecule has 7 heteroatoms. The SMILES string of the molecule is COC(C)(C)C.NC(=O)c1cc(OC2CN(C=O)C2)ccc1N. The van der Waals surface area contributed by atoms with Gasteiger partial charge in [0.25, 0.3) is 5.91 Å². The Kier molecular flexibility index (Phi) is 6.38. The first-order chi connectivity index (χ1) is 10.7. The fraction of sp³-hybridized carbons (Fsp3) is 0.500. The molecule has 1 aliphatic rings. The average molecular weight is 323 g/mol. The quantitative estimate of drug-likeness (QED) is 0.635. The second kappa shape index (κ2) is 7.82. The van der Waals surface area contributed by atoms with Gasteiger partial charge in [-0.2, -0.15) is 0 Å². The van der Waals surface area contributed by atoms with Crippen molar-refractivity contribution in [1.29, 1.82) is 0 Å². The number of rotatable bonds is 4. The molecule has 1 fully saturated rings. The summed E-state index contributed by atoms with van der Waals surface area (Å²) in [6.45, 7) is 7.17. The van der Waals surface area contributed by atoms with Crippen LogP contribution < -0.4 is 16.2 Å². The molecule has 0 radical (unpaired) electrons. The molecule has 128 valence electrons. The lowest BCUT2D eigenvalue weighted by Gasteiger charge is -2.36. The van der Waals surface area contributed by atoms with Crippen LogP contribution in [-0.4, -0.2) is 49.1 Å². The number of ether oxygens (including phenoxy) is 2. The van der Waals surface area contributed by atoms with E-state index in [0.29, 0.717) is 24.5 Å². The van der Waals surface area contributed by atoms with Crippen LogP contribution in [0.4, 0.5) is 5.69 Å². The lowest BCUT2D eigenvalue weighted by atomic mass is 10.1. The van der Waals surface area contributed by atoms with Crippen LogP contribution in [0.3, 0.4) is 0 Å². The number of hydrogen-bond acceptors (Lipinski definition) is 5. The number of likely N-dealkylation sites (tertiary alicyclic amines) is 1. The average Bonchev–Trinajstić information content (AvgIpc) is 2.43. The second-order valence-corrected chi connectivity index (χ2v) is 6.23. The molecule has 1 saturated heterocycles. The van der Waals surface area contributed by atoms with Crippen LogP contribution in [0.5, 0.6) is 5.75 Å².